The molecular weight excluding hydrogens is 319 g/mol. The number of nitrogens with one attached hydrogen (secondary N) is 1. The van der Waals surface area contributed by atoms with Gasteiger partial charge in [0.15, 0.2) is 0 Å². The van der Waals surface area contributed by atoms with E-state index in [1.165, 1.54) is 0 Å². The minimum atomic E-state index is 0.346. The van der Waals surface area contributed by atoms with Crippen molar-refractivity contribution in [1.82, 2.24) is 10.2 Å². The second-order valence-electron chi connectivity index (χ2n) is 5.02. The molecule has 1 N–H and O–H groups in total. The maximum absolute atomic E-state index is 6.19. The standard InChI is InChI=1S/C14H19Cl3N2O/c1-10(9-19-4-6-20-7-5-19)18-8-11-12(15)2-3-13(16)14(11)17/h2-3,10,18H,4-9H2,1H3. The lowest BCUT2D eigenvalue weighted by Crippen LogP contribution is -2.44. The number of morpholine rings is 1. The van der Waals surface area contributed by atoms with E-state index in [-0.39, 0.29) is 0 Å². The zero-order chi connectivity index (χ0) is 14.5. The average Bonchev–Trinajstić information content (AvgIpc) is 2.44. The van der Waals surface area contributed by atoms with Crippen LogP contribution >= 0.6 is 34.8 Å². The van der Waals surface area contributed by atoms with Gasteiger partial charge in [-0.05, 0) is 19.1 Å². The van der Waals surface area contributed by atoms with E-state index in [1.807, 2.05) is 0 Å². The second-order valence-corrected chi connectivity index (χ2v) is 6.21. The molecule has 1 aromatic carbocycles. The van der Waals surface area contributed by atoms with Crippen molar-refractivity contribution in [3.05, 3.63) is 32.8 Å². The van der Waals surface area contributed by atoms with Gasteiger partial charge < -0.3 is 10.1 Å². The zero-order valence-corrected chi connectivity index (χ0v) is 13.7. The Morgan fingerprint density at radius 2 is 1.85 bits per heavy atom. The molecule has 0 amide bonds. The number of nitrogens with zero attached hydrogens (tertiary/aromatic N) is 1. The number of benzene rings is 1. The normalized spacial score (nSPS) is 18.2. The lowest BCUT2D eigenvalue weighted by Gasteiger charge is -2.29. The Labute approximate surface area is 135 Å². The monoisotopic (exact) mass is 336 g/mol. The van der Waals surface area contributed by atoms with Gasteiger partial charge in [-0.3, -0.25) is 4.90 Å². The van der Waals surface area contributed by atoms with Crippen LogP contribution in [0.15, 0.2) is 12.1 Å². The summed E-state index contributed by atoms with van der Waals surface area (Å²) in [6.07, 6.45) is 0. The van der Waals surface area contributed by atoms with Crippen LogP contribution in [0.5, 0.6) is 0 Å². The van der Waals surface area contributed by atoms with Crippen LogP contribution < -0.4 is 5.32 Å². The van der Waals surface area contributed by atoms with Crippen LogP contribution in [0.4, 0.5) is 0 Å². The van der Waals surface area contributed by atoms with Crippen molar-refractivity contribution >= 4 is 34.8 Å². The maximum atomic E-state index is 6.19. The Morgan fingerprint density at radius 3 is 2.55 bits per heavy atom. The Bertz CT molecular complexity index is 450. The molecule has 20 heavy (non-hydrogen) atoms. The molecule has 1 heterocycles. The Kier molecular flexibility index (Phi) is 6.40. The summed E-state index contributed by atoms with van der Waals surface area (Å²) in [6, 6.07) is 3.84. The van der Waals surface area contributed by atoms with Gasteiger partial charge in [-0.25, -0.2) is 0 Å². The van der Waals surface area contributed by atoms with E-state index in [4.69, 9.17) is 39.5 Å². The third-order valence-corrected chi connectivity index (χ3v) is 4.60. The van der Waals surface area contributed by atoms with Crippen molar-refractivity contribution in [3.63, 3.8) is 0 Å². The van der Waals surface area contributed by atoms with E-state index in [0.29, 0.717) is 27.7 Å². The van der Waals surface area contributed by atoms with Crippen molar-refractivity contribution in [1.29, 1.82) is 0 Å². The quantitative estimate of drug-likeness (QED) is 0.833. The molecule has 3 nitrogen and oxygen atoms in total. The molecule has 0 aliphatic carbocycles. The lowest BCUT2D eigenvalue weighted by atomic mass is 10.2. The van der Waals surface area contributed by atoms with Crippen molar-refractivity contribution in [3.8, 4) is 0 Å². The topological polar surface area (TPSA) is 24.5 Å². The van der Waals surface area contributed by atoms with E-state index in [2.05, 4.69) is 17.1 Å². The van der Waals surface area contributed by atoms with Gasteiger partial charge in [0.25, 0.3) is 0 Å². The largest absolute Gasteiger partial charge is 0.379 e. The third-order valence-electron chi connectivity index (χ3n) is 3.40. The van der Waals surface area contributed by atoms with Crippen LogP contribution in [0, 0.1) is 0 Å². The first-order valence-corrected chi connectivity index (χ1v) is 7.87. The van der Waals surface area contributed by atoms with Crippen LogP contribution in [-0.2, 0) is 11.3 Å². The number of halogens is 3. The fourth-order valence-electron chi connectivity index (χ4n) is 2.24. The van der Waals surface area contributed by atoms with Crippen molar-refractivity contribution in [2.45, 2.75) is 19.5 Å². The highest BCUT2D eigenvalue weighted by atomic mass is 35.5. The van der Waals surface area contributed by atoms with Gasteiger partial charge in [-0.2, -0.15) is 0 Å². The SMILES string of the molecule is CC(CN1CCOCC1)NCc1c(Cl)ccc(Cl)c1Cl. The number of rotatable bonds is 5. The molecule has 0 bridgehead atoms. The van der Waals surface area contributed by atoms with Crippen LogP contribution in [0.2, 0.25) is 15.1 Å². The summed E-state index contributed by atoms with van der Waals surface area (Å²) in [4.78, 5) is 2.39. The Morgan fingerprint density at radius 1 is 1.20 bits per heavy atom. The predicted molar refractivity (Wildman–Crippen MR) is 85.0 cm³/mol. The van der Waals surface area contributed by atoms with Gasteiger partial charge >= 0.3 is 0 Å². The molecule has 2 rings (SSSR count). The molecule has 6 heteroatoms. The number of hydrogen-bond donors (Lipinski definition) is 1. The lowest BCUT2D eigenvalue weighted by molar-refractivity contribution is 0.0343. The predicted octanol–water partition coefficient (Wildman–Crippen LogP) is 3.46. The van der Waals surface area contributed by atoms with Crippen LogP contribution in [0.3, 0.4) is 0 Å². The first-order valence-electron chi connectivity index (χ1n) is 6.74. The van der Waals surface area contributed by atoms with Crippen LogP contribution in [0.25, 0.3) is 0 Å². The van der Waals surface area contributed by atoms with Crippen LogP contribution in [-0.4, -0.2) is 43.8 Å². The number of hydrogen-bond acceptors (Lipinski definition) is 3. The maximum Gasteiger partial charge on any atom is 0.0652 e. The molecule has 1 unspecified atom stereocenters. The molecular formula is C14H19Cl3N2O. The fourth-order valence-corrected chi connectivity index (χ4v) is 2.92. The van der Waals surface area contributed by atoms with Crippen molar-refractivity contribution in [2.75, 3.05) is 32.8 Å². The second kappa shape index (κ2) is 7.83. The molecule has 1 saturated heterocycles. The van der Waals surface area contributed by atoms with Gasteiger partial charge in [0, 0.05) is 42.8 Å². The molecule has 1 aliphatic rings. The van der Waals surface area contributed by atoms with Gasteiger partial charge in [0.1, 0.15) is 0 Å². The van der Waals surface area contributed by atoms with Gasteiger partial charge in [-0.15, -0.1) is 0 Å². The Balaban J connectivity index is 1.86. The number of ether oxygens (including phenoxy) is 1. The van der Waals surface area contributed by atoms with E-state index >= 15 is 0 Å². The van der Waals surface area contributed by atoms with E-state index in [1.54, 1.807) is 12.1 Å². The van der Waals surface area contributed by atoms with Crippen molar-refractivity contribution in [2.24, 2.45) is 0 Å². The Hall–Kier alpha value is -0.0300. The third kappa shape index (κ3) is 4.48. The molecule has 0 aromatic heterocycles. The molecule has 0 radical (unpaired) electrons. The van der Waals surface area contributed by atoms with Crippen LogP contribution in [0.1, 0.15) is 12.5 Å². The summed E-state index contributed by atoms with van der Waals surface area (Å²) >= 11 is 18.4. The summed E-state index contributed by atoms with van der Waals surface area (Å²) in [5.41, 5.74) is 0.856. The summed E-state index contributed by atoms with van der Waals surface area (Å²) < 4.78 is 5.34. The van der Waals surface area contributed by atoms with E-state index in [9.17, 15) is 0 Å². The summed E-state index contributed by atoms with van der Waals surface area (Å²) in [7, 11) is 0. The molecule has 1 fully saturated rings. The van der Waals surface area contributed by atoms with Gasteiger partial charge in [0.05, 0.1) is 23.3 Å². The van der Waals surface area contributed by atoms with Crippen molar-refractivity contribution < 1.29 is 4.74 Å². The average molecular weight is 338 g/mol. The first kappa shape index (κ1) is 16.3. The van der Waals surface area contributed by atoms with Gasteiger partial charge in [-0.1, -0.05) is 34.8 Å². The smallest absolute Gasteiger partial charge is 0.0652 e. The zero-order valence-electron chi connectivity index (χ0n) is 11.5. The molecule has 0 spiro atoms. The first-order chi connectivity index (χ1) is 9.58. The fraction of sp³-hybridized carbons (Fsp3) is 0.571. The summed E-state index contributed by atoms with van der Waals surface area (Å²) in [6.45, 7) is 7.37. The highest BCUT2D eigenvalue weighted by Gasteiger charge is 2.15. The molecule has 1 aliphatic heterocycles. The molecule has 0 saturated carbocycles. The van der Waals surface area contributed by atoms with E-state index in [0.717, 1.165) is 38.4 Å². The summed E-state index contributed by atoms with van der Waals surface area (Å²) in [5, 5.41) is 5.16. The highest BCUT2D eigenvalue weighted by molar-refractivity contribution is 6.44. The minimum Gasteiger partial charge on any atom is -0.379 e. The summed E-state index contributed by atoms with van der Waals surface area (Å²) in [5.74, 6) is 0. The molecule has 112 valence electrons. The van der Waals surface area contributed by atoms with E-state index < -0.39 is 0 Å². The molecule has 1 atom stereocenters. The molecule has 1 aromatic rings. The van der Waals surface area contributed by atoms with Gasteiger partial charge in [0.2, 0.25) is 0 Å². The minimum absolute atomic E-state index is 0.346. The highest BCUT2D eigenvalue weighted by Crippen LogP contribution is 2.31.